The molecule has 1 fully saturated rings. The van der Waals surface area contributed by atoms with Crippen LogP contribution in [-0.2, 0) is 0 Å². The smallest absolute Gasteiger partial charge is 0.161 e. The minimum Gasteiger partial charge on any atom is -0.504 e. The average Bonchev–Trinajstić information content (AvgIpc) is 3.28. The summed E-state index contributed by atoms with van der Waals surface area (Å²) >= 11 is 0. The maximum Gasteiger partial charge on any atom is 0.161 e. The van der Waals surface area contributed by atoms with E-state index < -0.39 is 0 Å². The van der Waals surface area contributed by atoms with Gasteiger partial charge in [0.05, 0.1) is 7.11 Å². The van der Waals surface area contributed by atoms with E-state index in [1.807, 2.05) is 18.3 Å². The summed E-state index contributed by atoms with van der Waals surface area (Å²) in [7, 11) is 1.56. The quantitative estimate of drug-likeness (QED) is 0.375. The first-order valence-electron chi connectivity index (χ1n) is 11.7. The number of ether oxygens (including phenoxy) is 1. The summed E-state index contributed by atoms with van der Waals surface area (Å²) in [4.78, 5) is 9.97. The lowest BCUT2D eigenvalue weighted by molar-refractivity contribution is 0.372. The molecule has 1 saturated heterocycles. The number of aromatic hydroxyl groups is 1. The molecule has 0 radical (unpaired) electrons. The standard InChI is InChI=1S/C28H26N4O2/c1-34-26-16-21(8-9-25(26)33)27-31-24-15-22(20-7-6-18-4-2-3-5-19(18)14-20)17-30-28(24)32(27)23-10-12-29-13-11-23/h2-9,14-17,23,29,33H,10-13H2,1H3. The lowest BCUT2D eigenvalue weighted by Gasteiger charge is -2.26. The average molecular weight is 451 g/mol. The normalized spacial score (nSPS) is 14.6. The molecule has 0 spiro atoms. The van der Waals surface area contributed by atoms with Crippen LogP contribution in [0.25, 0.3) is 44.5 Å². The Morgan fingerprint density at radius 2 is 1.71 bits per heavy atom. The van der Waals surface area contributed by atoms with Crippen LogP contribution in [0.4, 0.5) is 0 Å². The second kappa shape index (κ2) is 8.47. The third-order valence-electron chi connectivity index (χ3n) is 6.72. The number of phenolic OH excluding ortho intramolecular Hbond substituents is 1. The molecule has 170 valence electrons. The topological polar surface area (TPSA) is 72.2 Å². The molecule has 1 aliphatic heterocycles. The van der Waals surface area contributed by atoms with E-state index in [1.54, 1.807) is 13.2 Å². The van der Waals surface area contributed by atoms with Crippen molar-refractivity contribution in [2.75, 3.05) is 20.2 Å². The summed E-state index contributed by atoms with van der Waals surface area (Å²) in [6, 6.07) is 22.7. The summed E-state index contributed by atoms with van der Waals surface area (Å²) < 4.78 is 7.64. The molecular weight excluding hydrogens is 424 g/mol. The Morgan fingerprint density at radius 1 is 0.912 bits per heavy atom. The van der Waals surface area contributed by atoms with E-state index in [9.17, 15) is 5.11 Å². The molecule has 34 heavy (non-hydrogen) atoms. The molecule has 1 aliphatic rings. The van der Waals surface area contributed by atoms with E-state index >= 15 is 0 Å². The molecule has 2 N–H and O–H groups in total. The highest BCUT2D eigenvalue weighted by atomic mass is 16.5. The Bertz CT molecular complexity index is 1500. The summed E-state index contributed by atoms with van der Waals surface area (Å²) in [5, 5.41) is 16.0. The highest BCUT2D eigenvalue weighted by Gasteiger charge is 2.24. The highest BCUT2D eigenvalue weighted by molar-refractivity contribution is 5.89. The molecule has 0 saturated carbocycles. The van der Waals surface area contributed by atoms with Gasteiger partial charge in [0.1, 0.15) is 11.3 Å². The van der Waals surface area contributed by atoms with Crippen molar-refractivity contribution in [1.82, 2.24) is 19.9 Å². The van der Waals surface area contributed by atoms with E-state index in [1.165, 1.54) is 10.8 Å². The van der Waals surface area contributed by atoms with Crippen molar-refractivity contribution in [2.45, 2.75) is 18.9 Å². The monoisotopic (exact) mass is 450 g/mol. The van der Waals surface area contributed by atoms with Crippen LogP contribution < -0.4 is 10.1 Å². The fraction of sp³-hybridized carbons (Fsp3) is 0.214. The first-order valence-corrected chi connectivity index (χ1v) is 11.7. The van der Waals surface area contributed by atoms with E-state index in [0.717, 1.165) is 59.6 Å². The number of rotatable bonds is 4. The molecule has 0 atom stereocenters. The third-order valence-corrected chi connectivity index (χ3v) is 6.72. The number of hydrogen-bond donors (Lipinski definition) is 2. The highest BCUT2D eigenvalue weighted by Crippen LogP contribution is 2.36. The summed E-state index contributed by atoms with van der Waals surface area (Å²) in [6.45, 7) is 1.94. The molecule has 0 unspecified atom stereocenters. The van der Waals surface area contributed by atoms with Crippen LogP contribution in [0, 0.1) is 0 Å². The van der Waals surface area contributed by atoms with E-state index in [4.69, 9.17) is 14.7 Å². The first-order chi connectivity index (χ1) is 16.7. The largest absolute Gasteiger partial charge is 0.504 e. The van der Waals surface area contributed by atoms with Crippen LogP contribution in [0.5, 0.6) is 11.5 Å². The van der Waals surface area contributed by atoms with Gasteiger partial charge in [0.25, 0.3) is 0 Å². The van der Waals surface area contributed by atoms with Gasteiger partial charge in [0, 0.05) is 23.4 Å². The van der Waals surface area contributed by atoms with Crippen molar-refractivity contribution < 1.29 is 9.84 Å². The van der Waals surface area contributed by atoms with Crippen molar-refractivity contribution in [3.63, 3.8) is 0 Å². The number of fused-ring (bicyclic) bond motifs is 2. The number of methoxy groups -OCH3 is 1. The third kappa shape index (κ3) is 3.56. The van der Waals surface area contributed by atoms with Crippen LogP contribution in [-0.4, -0.2) is 39.8 Å². The number of benzene rings is 3. The van der Waals surface area contributed by atoms with E-state index in [0.29, 0.717) is 11.8 Å². The van der Waals surface area contributed by atoms with E-state index in [-0.39, 0.29) is 5.75 Å². The maximum atomic E-state index is 10.1. The van der Waals surface area contributed by atoms with Crippen molar-refractivity contribution in [3.8, 4) is 34.0 Å². The van der Waals surface area contributed by atoms with Crippen molar-refractivity contribution >= 4 is 21.9 Å². The van der Waals surface area contributed by atoms with Crippen molar-refractivity contribution in [1.29, 1.82) is 0 Å². The Balaban J connectivity index is 1.51. The van der Waals surface area contributed by atoms with Crippen LogP contribution in [0.2, 0.25) is 0 Å². The Hall–Kier alpha value is -3.90. The molecule has 0 bridgehead atoms. The number of aromatic nitrogens is 3. The summed E-state index contributed by atoms with van der Waals surface area (Å²) in [5.41, 5.74) is 4.82. The molecule has 3 heterocycles. The van der Waals surface area contributed by atoms with Crippen LogP contribution in [0.15, 0.2) is 72.9 Å². The van der Waals surface area contributed by atoms with Crippen LogP contribution >= 0.6 is 0 Å². The Kier molecular flexibility index (Phi) is 5.15. The first kappa shape index (κ1) is 20.7. The van der Waals surface area contributed by atoms with Gasteiger partial charge in [-0.1, -0.05) is 36.4 Å². The van der Waals surface area contributed by atoms with Crippen molar-refractivity contribution in [2.24, 2.45) is 0 Å². The fourth-order valence-electron chi connectivity index (χ4n) is 4.94. The SMILES string of the molecule is COc1cc(-c2nc3cc(-c4ccc5ccccc5c4)cnc3n2C2CCNCC2)ccc1O. The summed E-state index contributed by atoms with van der Waals surface area (Å²) in [6.07, 6.45) is 3.98. The van der Waals surface area contributed by atoms with E-state index in [2.05, 4.69) is 58.4 Å². The van der Waals surface area contributed by atoms with Gasteiger partial charge in [-0.3, -0.25) is 0 Å². The number of nitrogens with zero attached hydrogens (tertiary/aromatic N) is 3. The Morgan fingerprint density at radius 3 is 2.53 bits per heavy atom. The number of pyridine rings is 1. The molecule has 6 rings (SSSR count). The zero-order valence-corrected chi connectivity index (χ0v) is 19.0. The lowest BCUT2D eigenvalue weighted by atomic mass is 10.0. The molecule has 6 heteroatoms. The van der Waals surface area contributed by atoms with Crippen molar-refractivity contribution in [3.05, 3.63) is 72.9 Å². The molecule has 0 aliphatic carbocycles. The second-order valence-electron chi connectivity index (χ2n) is 8.80. The molecule has 0 amide bonds. The zero-order chi connectivity index (χ0) is 23.1. The predicted molar refractivity (Wildman–Crippen MR) is 135 cm³/mol. The van der Waals surface area contributed by atoms with Gasteiger partial charge in [-0.15, -0.1) is 0 Å². The molecule has 2 aromatic heterocycles. The van der Waals surface area contributed by atoms with Gasteiger partial charge < -0.3 is 19.7 Å². The fourth-order valence-corrected chi connectivity index (χ4v) is 4.94. The molecule has 6 nitrogen and oxygen atoms in total. The van der Waals surface area contributed by atoms with Gasteiger partial charge >= 0.3 is 0 Å². The van der Waals surface area contributed by atoms with Gasteiger partial charge in [-0.05, 0) is 72.6 Å². The van der Waals surface area contributed by atoms with Gasteiger partial charge in [0.2, 0.25) is 0 Å². The lowest BCUT2D eigenvalue weighted by Crippen LogP contribution is -2.29. The predicted octanol–water partition coefficient (Wildman–Crippen LogP) is 5.56. The van der Waals surface area contributed by atoms with Gasteiger partial charge in [-0.25, -0.2) is 9.97 Å². The maximum absolute atomic E-state index is 10.1. The minimum absolute atomic E-state index is 0.118. The summed E-state index contributed by atoms with van der Waals surface area (Å²) in [5.74, 6) is 1.40. The molecular formula is C28H26N4O2. The number of hydrogen-bond acceptors (Lipinski definition) is 5. The molecule has 5 aromatic rings. The number of imidazole rings is 1. The molecule has 3 aromatic carbocycles. The van der Waals surface area contributed by atoms with Gasteiger partial charge in [-0.2, -0.15) is 0 Å². The van der Waals surface area contributed by atoms with Gasteiger partial charge in [0.15, 0.2) is 17.1 Å². The zero-order valence-electron chi connectivity index (χ0n) is 19.0. The second-order valence-corrected chi connectivity index (χ2v) is 8.80. The Labute approximate surface area is 197 Å². The number of nitrogens with one attached hydrogen (secondary N) is 1. The minimum atomic E-state index is 0.118. The number of phenols is 1. The van der Waals surface area contributed by atoms with Crippen LogP contribution in [0.3, 0.4) is 0 Å². The van der Waals surface area contributed by atoms with Crippen LogP contribution in [0.1, 0.15) is 18.9 Å². The number of piperidine rings is 1.